The van der Waals surface area contributed by atoms with Crippen LogP contribution < -0.4 is 5.32 Å². The first kappa shape index (κ1) is 19.0. The summed E-state index contributed by atoms with van der Waals surface area (Å²) in [7, 11) is 0. The number of amides is 2. The van der Waals surface area contributed by atoms with Gasteiger partial charge in [0, 0.05) is 17.5 Å². The fourth-order valence-corrected chi connectivity index (χ4v) is 3.96. The first-order chi connectivity index (χ1) is 13.3. The van der Waals surface area contributed by atoms with Crippen molar-refractivity contribution in [3.63, 3.8) is 0 Å². The molecule has 150 valence electrons. The smallest absolute Gasteiger partial charge is 0.316 e. The van der Waals surface area contributed by atoms with Crippen LogP contribution >= 0.6 is 0 Å². The Hall–Kier alpha value is -2.38. The molecule has 3 aliphatic rings. The van der Waals surface area contributed by atoms with Gasteiger partial charge in [0.1, 0.15) is 5.84 Å². The number of carbonyl (C=O) groups is 2. The Morgan fingerprint density at radius 3 is 2.29 bits per heavy atom. The second-order valence-electron chi connectivity index (χ2n) is 7.74. The van der Waals surface area contributed by atoms with E-state index in [0.29, 0.717) is 31.2 Å². The van der Waals surface area contributed by atoms with Gasteiger partial charge in [0.05, 0.1) is 0 Å². The molecular weight excluding hydrogens is 371 g/mol. The maximum Gasteiger partial charge on any atom is 0.442 e. The molecule has 28 heavy (non-hydrogen) atoms. The zero-order chi connectivity index (χ0) is 19.9. The van der Waals surface area contributed by atoms with E-state index in [4.69, 9.17) is 0 Å². The van der Waals surface area contributed by atoms with Crippen LogP contribution in [0.3, 0.4) is 0 Å². The van der Waals surface area contributed by atoms with Gasteiger partial charge in [0.2, 0.25) is 5.91 Å². The van der Waals surface area contributed by atoms with Crippen molar-refractivity contribution in [2.24, 2.45) is 10.9 Å². The molecule has 1 heterocycles. The zero-order valence-electron chi connectivity index (χ0n) is 15.3. The quantitative estimate of drug-likeness (QED) is 0.852. The normalized spacial score (nSPS) is 26.3. The van der Waals surface area contributed by atoms with Gasteiger partial charge < -0.3 is 5.32 Å². The fraction of sp³-hybridized carbons (Fsp3) is 0.550. The van der Waals surface area contributed by atoms with Gasteiger partial charge in [0.25, 0.3) is 5.91 Å². The van der Waals surface area contributed by atoms with E-state index in [1.165, 1.54) is 4.90 Å². The summed E-state index contributed by atoms with van der Waals surface area (Å²) < 4.78 is 42.5. The number of nitrogens with zero attached hydrogens (tertiary/aromatic N) is 2. The molecular formula is C20H22F3N3O2. The molecule has 1 aromatic carbocycles. The number of hydrogen-bond donors (Lipinski definition) is 1. The molecule has 0 radical (unpaired) electrons. The summed E-state index contributed by atoms with van der Waals surface area (Å²) in [5, 5.41) is 1.97. The van der Waals surface area contributed by atoms with E-state index in [1.54, 1.807) is 30.3 Å². The highest BCUT2D eigenvalue weighted by Crippen LogP contribution is 2.42. The molecule has 0 bridgehead atoms. The monoisotopic (exact) mass is 393 g/mol. The SMILES string of the molecule is O=C(N[C@]1(C(F)(F)F)N=C(c2ccccc2)N(C2CCCCC2)C1=O)C1CC1. The van der Waals surface area contributed by atoms with Gasteiger partial charge in [-0.3, -0.25) is 14.5 Å². The van der Waals surface area contributed by atoms with Gasteiger partial charge in [-0.1, -0.05) is 49.6 Å². The number of amidine groups is 1. The summed E-state index contributed by atoms with van der Waals surface area (Å²) in [5.41, 5.74) is -2.80. The van der Waals surface area contributed by atoms with Gasteiger partial charge >= 0.3 is 11.8 Å². The molecule has 1 aliphatic heterocycles. The Morgan fingerprint density at radius 2 is 1.71 bits per heavy atom. The van der Waals surface area contributed by atoms with Crippen LogP contribution in [0, 0.1) is 5.92 Å². The molecule has 2 aliphatic carbocycles. The van der Waals surface area contributed by atoms with Crippen molar-refractivity contribution in [3.05, 3.63) is 35.9 Å². The molecule has 2 amide bonds. The van der Waals surface area contributed by atoms with E-state index in [1.807, 2.05) is 5.32 Å². The van der Waals surface area contributed by atoms with Crippen molar-refractivity contribution >= 4 is 17.6 Å². The number of halogens is 3. The molecule has 2 saturated carbocycles. The van der Waals surface area contributed by atoms with E-state index < -0.39 is 29.6 Å². The molecule has 1 atom stereocenters. The topological polar surface area (TPSA) is 61.8 Å². The lowest BCUT2D eigenvalue weighted by atomic mass is 9.93. The van der Waals surface area contributed by atoms with Crippen molar-refractivity contribution in [1.29, 1.82) is 0 Å². The molecule has 1 aromatic rings. The minimum atomic E-state index is -5.03. The number of benzene rings is 1. The van der Waals surface area contributed by atoms with Crippen LogP contribution in [0.15, 0.2) is 35.3 Å². The summed E-state index contributed by atoms with van der Waals surface area (Å²) in [6.45, 7) is 0. The second kappa shape index (κ2) is 6.90. The lowest BCUT2D eigenvalue weighted by molar-refractivity contribution is -0.201. The van der Waals surface area contributed by atoms with Crippen LogP contribution in [0.5, 0.6) is 0 Å². The minimum absolute atomic E-state index is 0.00841. The fourth-order valence-electron chi connectivity index (χ4n) is 3.96. The van der Waals surface area contributed by atoms with Gasteiger partial charge in [0.15, 0.2) is 0 Å². The van der Waals surface area contributed by atoms with Crippen LogP contribution in [0.1, 0.15) is 50.5 Å². The van der Waals surface area contributed by atoms with Crippen LogP contribution in [0.2, 0.25) is 0 Å². The summed E-state index contributed by atoms with van der Waals surface area (Å²) in [5.74, 6) is -2.43. The molecule has 0 spiro atoms. The predicted molar refractivity (Wildman–Crippen MR) is 96.4 cm³/mol. The van der Waals surface area contributed by atoms with Crippen molar-refractivity contribution < 1.29 is 22.8 Å². The maximum absolute atomic E-state index is 14.2. The largest absolute Gasteiger partial charge is 0.442 e. The zero-order valence-corrected chi connectivity index (χ0v) is 15.3. The maximum atomic E-state index is 14.2. The van der Waals surface area contributed by atoms with Crippen LogP contribution in [-0.4, -0.2) is 40.4 Å². The second-order valence-corrected chi connectivity index (χ2v) is 7.74. The van der Waals surface area contributed by atoms with Crippen molar-refractivity contribution in [2.45, 2.75) is 62.8 Å². The van der Waals surface area contributed by atoms with Gasteiger partial charge in [-0.25, -0.2) is 4.99 Å². The van der Waals surface area contributed by atoms with Crippen LogP contribution in [0.25, 0.3) is 0 Å². The molecule has 2 fully saturated rings. The lowest BCUT2D eigenvalue weighted by Crippen LogP contribution is -2.64. The first-order valence-corrected chi connectivity index (χ1v) is 9.71. The molecule has 0 aromatic heterocycles. The Kier molecular flexibility index (Phi) is 4.67. The summed E-state index contributed by atoms with van der Waals surface area (Å²) in [6.07, 6.45) is 0.000503. The van der Waals surface area contributed by atoms with Crippen LogP contribution in [-0.2, 0) is 9.59 Å². The third kappa shape index (κ3) is 3.18. The van der Waals surface area contributed by atoms with Crippen molar-refractivity contribution in [3.8, 4) is 0 Å². The number of nitrogens with one attached hydrogen (secondary N) is 1. The Balaban J connectivity index is 1.80. The molecule has 0 saturated heterocycles. The van der Waals surface area contributed by atoms with E-state index >= 15 is 0 Å². The molecule has 1 N–H and O–H groups in total. The number of rotatable bonds is 4. The number of alkyl halides is 3. The van der Waals surface area contributed by atoms with Gasteiger partial charge in [-0.2, -0.15) is 13.2 Å². The van der Waals surface area contributed by atoms with E-state index in [2.05, 4.69) is 4.99 Å². The number of hydrogen-bond acceptors (Lipinski definition) is 3. The molecule has 5 nitrogen and oxygen atoms in total. The highest BCUT2D eigenvalue weighted by atomic mass is 19.4. The van der Waals surface area contributed by atoms with Gasteiger partial charge in [-0.15, -0.1) is 0 Å². The summed E-state index contributed by atoms with van der Waals surface area (Å²) in [4.78, 5) is 30.5. The van der Waals surface area contributed by atoms with Crippen molar-refractivity contribution in [1.82, 2.24) is 10.2 Å². The summed E-state index contributed by atoms with van der Waals surface area (Å²) >= 11 is 0. The Morgan fingerprint density at radius 1 is 1.07 bits per heavy atom. The summed E-state index contributed by atoms with van der Waals surface area (Å²) in [6, 6.07) is 8.06. The highest BCUT2D eigenvalue weighted by Gasteiger charge is 2.68. The standard InChI is InChI=1S/C20H22F3N3O2/c21-20(22,23)19(25-17(27)14-11-12-14)18(28)26(15-9-5-2-6-10-15)16(24-19)13-7-3-1-4-8-13/h1,3-4,7-8,14-15H,2,5-6,9-12H2,(H,25,27)/t19-/m1/s1. The molecule has 4 rings (SSSR count). The van der Waals surface area contributed by atoms with Crippen LogP contribution in [0.4, 0.5) is 13.2 Å². The van der Waals surface area contributed by atoms with E-state index in [9.17, 15) is 22.8 Å². The number of aliphatic imine (C=N–C) groups is 1. The predicted octanol–water partition coefficient (Wildman–Crippen LogP) is 3.39. The third-order valence-corrected chi connectivity index (χ3v) is 5.66. The third-order valence-electron chi connectivity index (χ3n) is 5.66. The average molecular weight is 393 g/mol. The average Bonchev–Trinajstić information content (AvgIpc) is 3.48. The minimum Gasteiger partial charge on any atom is -0.316 e. The molecule has 8 heteroatoms. The van der Waals surface area contributed by atoms with Crippen molar-refractivity contribution in [2.75, 3.05) is 0 Å². The lowest BCUT2D eigenvalue weighted by Gasteiger charge is -2.34. The number of carbonyl (C=O) groups excluding carboxylic acids is 2. The molecule has 0 unspecified atom stereocenters. The van der Waals surface area contributed by atoms with Gasteiger partial charge in [-0.05, 0) is 25.7 Å². The Labute approximate surface area is 161 Å². The Bertz CT molecular complexity index is 799. The van der Waals surface area contributed by atoms with E-state index in [0.717, 1.165) is 19.3 Å². The first-order valence-electron chi connectivity index (χ1n) is 9.71. The van der Waals surface area contributed by atoms with E-state index in [-0.39, 0.29) is 11.9 Å². The highest BCUT2D eigenvalue weighted by molar-refractivity contribution is 6.16.